The van der Waals surface area contributed by atoms with Gasteiger partial charge in [0.2, 0.25) is 0 Å². The first kappa shape index (κ1) is 14.0. The van der Waals surface area contributed by atoms with Crippen LogP contribution in [0.1, 0.15) is 32.0 Å². The Hall–Kier alpha value is -1.42. The van der Waals surface area contributed by atoms with Crippen LogP contribution in [-0.4, -0.2) is 9.78 Å². The van der Waals surface area contributed by atoms with E-state index in [1.54, 1.807) is 12.1 Å². The zero-order valence-electron chi connectivity index (χ0n) is 11.4. The highest BCUT2D eigenvalue weighted by Crippen LogP contribution is 2.18. The van der Waals surface area contributed by atoms with E-state index in [0.717, 1.165) is 15.7 Å². The largest absolute Gasteiger partial charge is 0.268 e. The molecule has 0 N–H and O–H groups in total. The molecule has 1 aromatic carbocycles. The van der Waals surface area contributed by atoms with Crippen molar-refractivity contribution in [2.45, 2.75) is 32.7 Å². The van der Waals surface area contributed by atoms with Crippen LogP contribution in [0, 0.1) is 0 Å². The van der Waals surface area contributed by atoms with Gasteiger partial charge >= 0.3 is 0 Å². The van der Waals surface area contributed by atoms with Gasteiger partial charge in [0.25, 0.3) is 5.56 Å². The molecule has 4 heteroatoms. The Kier molecular flexibility index (Phi) is 3.90. The number of rotatable bonds is 2. The molecular weight excluding hydrogens is 304 g/mol. The van der Waals surface area contributed by atoms with Crippen LogP contribution >= 0.6 is 15.9 Å². The summed E-state index contributed by atoms with van der Waals surface area (Å²) in [7, 11) is 0. The Balaban J connectivity index is 2.37. The molecule has 0 radical (unpaired) electrons. The molecule has 2 rings (SSSR count). The van der Waals surface area contributed by atoms with Crippen molar-refractivity contribution < 1.29 is 0 Å². The number of benzene rings is 1. The topological polar surface area (TPSA) is 34.9 Å². The summed E-state index contributed by atoms with van der Waals surface area (Å²) >= 11 is 3.43. The van der Waals surface area contributed by atoms with Gasteiger partial charge in [0.15, 0.2) is 0 Å². The van der Waals surface area contributed by atoms with E-state index < -0.39 is 0 Å². The molecule has 0 bridgehead atoms. The molecule has 0 saturated carbocycles. The van der Waals surface area contributed by atoms with Crippen molar-refractivity contribution in [1.29, 1.82) is 0 Å². The number of hydrogen-bond donors (Lipinski definition) is 0. The van der Waals surface area contributed by atoms with E-state index in [2.05, 4.69) is 41.8 Å². The summed E-state index contributed by atoms with van der Waals surface area (Å²) in [6.45, 7) is 6.75. The Labute approximate surface area is 121 Å². The van der Waals surface area contributed by atoms with Gasteiger partial charge < -0.3 is 0 Å². The second kappa shape index (κ2) is 5.29. The first-order valence-electron chi connectivity index (χ1n) is 6.19. The fraction of sp³-hybridized carbons (Fsp3) is 0.333. The van der Waals surface area contributed by atoms with Gasteiger partial charge in [-0.3, -0.25) is 4.79 Å². The summed E-state index contributed by atoms with van der Waals surface area (Å²) in [6, 6.07) is 11.3. The van der Waals surface area contributed by atoms with Crippen molar-refractivity contribution in [3.8, 4) is 0 Å². The summed E-state index contributed by atoms with van der Waals surface area (Å²) in [5.41, 5.74) is 1.83. The first-order chi connectivity index (χ1) is 8.86. The highest BCUT2D eigenvalue weighted by molar-refractivity contribution is 9.10. The molecule has 2 aromatic rings. The lowest BCUT2D eigenvalue weighted by molar-refractivity contribution is 0.517. The van der Waals surface area contributed by atoms with E-state index in [1.165, 1.54) is 4.68 Å². The summed E-state index contributed by atoms with van der Waals surface area (Å²) in [6.07, 6.45) is 0. The summed E-state index contributed by atoms with van der Waals surface area (Å²) in [4.78, 5) is 11.9. The molecule has 0 saturated heterocycles. The van der Waals surface area contributed by atoms with Crippen molar-refractivity contribution in [3.63, 3.8) is 0 Å². The molecular formula is C15H17BrN2O. The van der Waals surface area contributed by atoms with Gasteiger partial charge in [-0.05, 0) is 23.8 Å². The lowest BCUT2D eigenvalue weighted by atomic mass is 9.92. The monoisotopic (exact) mass is 320 g/mol. The van der Waals surface area contributed by atoms with Gasteiger partial charge in [0, 0.05) is 16.0 Å². The van der Waals surface area contributed by atoms with E-state index >= 15 is 0 Å². The lowest BCUT2D eigenvalue weighted by Gasteiger charge is -2.18. The van der Waals surface area contributed by atoms with Gasteiger partial charge in [0.05, 0.1) is 12.2 Å². The molecule has 0 aliphatic heterocycles. The fourth-order valence-electron chi connectivity index (χ4n) is 1.77. The second-order valence-electron chi connectivity index (χ2n) is 5.59. The molecule has 0 aliphatic rings. The van der Waals surface area contributed by atoms with E-state index in [4.69, 9.17) is 0 Å². The highest BCUT2D eigenvalue weighted by Gasteiger charge is 2.16. The third kappa shape index (κ3) is 3.53. The van der Waals surface area contributed by atoms with Crippen LogP contribution in [0.15, 0.2) is 45.7 Å². The van der Waals surface area contributed by atoms with E-state index in [0.29, 0.717) is 6.54 Å². The SMILES string of the molecule is CC(C)(C)c1ccc(=O)n(Cc2cccc(Br)c2)n1. The molecule has 1 heterocycles. The standard InChI is InChI=1S/C15H17BrN2O/c1-15(2,3)13-7-8-14(19)18(17-13)10-11-5-4-6-12(16)9-11/h4-9H,10H2,1-3H3. The van der Waals surface area contributed by atoms with Gasteiger partial charge in [-0.2, -0.15) is 5.10 Å². The molecule has 19 heavy (non-hydrogen) atoms. The number of nitrogens with zero attached hydrogens (tertiary/aromatic N) is 2. The quantitative estimate of drug-likeness (QED) is 0.850. The van der Waals surface area contributed by atoms with Gasteiger partial charge in [-0.15, -0.1) is 0 Å². The van der Waals surface area contributed by atoms with Crippen LogP contribution < -0.4 is 5.56 Å². The zero-order chi connectivity index (χ0) is 14.0. The van der Waals surface area contributed by atoms with Crippen molar-refractivity contribution in [1.82, 2.24) is 9.78 Å². The average molecular weight is 321 g/mol. The van der Waals surface area contributed by atoms with Crippen LogP contribution in [0.2, 0.25) is 0 Å². The Bertz CT molecular complexity index is 641. The maximum absolute atomic E-state index is 11.9. The van der Waals surface area contributed by atoms with E-state index in [9.17, 15) is 4.79 Å². The molecule has 0 amide bonds. The molecule has 100 valence electrons. The highest BCUT2D eigenvalue weighted by atomic mass is 79.9. The summed E-state index contributed by atoms with van der Waals surface area (Å²) < 4.78 is 2.52. The average Bonchev–Trinajstić information content (AvgIpc) is 2.30. The molecule has 0 aliphatic carbocycles. The van der Waals surface area contributed by atoms with Crippen molar-refractivity contribution in [3.05, 3.63) is 62.5 Å². The molecule has 3 nitrogen and oxygen atoms in total. The van der Waals surface area contributed by atoms with E-state index in [-0.39, 0.29) is 11.0 Å². The zero-order valence-corrected chi connectivity index (χ0v) is 12.9. The minimum absolute atomic E-state index is 0.0628. The second-order valence-corrected chi connectivity index (χ2v) is 6.51. The Morgan fingerprint density at radius 2 is 1.95 bits per heavy atom. The van der Waals surface area contributed by atoms with Crippen molar-refractivity contribution in [2.24, 2.45) is 0 Å². The predicted molar refractivity (Wildman–Crippen MR) is 80.4 cm³/mol. The molecule has 0 atom stereocenters. The maximum Gasteiger partial charge on any atom is 0.267 e. The number of hydrogen-bond acceptors (Lipinski definition) is 2. The Morgan fingerprint density at radius 3 is 2.58 bits per heavy atom. The number of halogens is 1. The Morgan fingerprint density at radius 1 is 1.21 bits per heavy atom. The predicted octanol–water partition coefficient (Wildman–Crippen LogP) is 3.35. The van der Waals surface area contributed by atoms with Crippen LogP contribution in [0.4, 0.5) is 0 Å². The molecule has 1 aromatic heterocycles. The van der Waals surface area contributed by atoms with Crippen LogP contribution in [0.5, 0.6) is 0 Å². The van der Waals surface area contributed by atoms with Crippen LogP contribution in [0.25, 0.3) is 0 Å². The summed E-state index contributed by atoms with van der Waals surface area (Å²) in [5, 5.41) is 4.46. The molecule has 0 unspecified atom stereocenters. The third-order valence-corrected chi connectivity index (χ3v) is 3.35. The maximum atomic E-state index is 11.9. The third-order valence-electron chi connectivity index (χ3n) is 2.86. The minimum atomic E-state index is -0.0759. The molecule has 0 fully saturated rings. The summed E-state index contributed by atoms with van der Waals surface area (Å²) in [5.74, 6) is 0. The van der Waals surface area contributed by atoms with Crippen LogP contribution in [-0.2, 0) is 12.0 Å². The lowest BCUT2D eigenvalue weighted by Crippen LogP contribution is -2.27. The van der Waals surface area contributed by atoms with Crippen molar-refractivity contribution in [2.75, 3.05) is 0 Å². The molecule has 0 spiro atoms. The smallest absolute Gasteiger partial charge is 0.267 e. The van der Waals surface area contributed by atoms with E-state index in [1.807, 2.05) is 24.3 Å². The van der Waals surface area contributed by atoms with Gasteiger partial charge in [-0.25, -0.2) is 4.68 Å². The normalized spacial score (nSPS) is 11.6. The van der Waals surface area contributed by atoms with Crippen LogP contribution in [0.3, 0.4) is 0 Å². The minimum Gasteiger partial charge on any atom is -0.268 e. The van der Waals surface area contributed by atoms with Crippen molar-refractivity contribution >= 4 is 15.9 Å². The van der Waals surface area contributed by atoms with Gasteiger partial charge in [-0.1, -0.05) is 48.8 Å². The van der Waals surface area contributed by atoms with Gasteiger partial charge in [0.1, 0.15) is 0 Å². The first-order valence-corrected chi connectivity index (χ1v) is 6.99. The fourth-order valence-corrected chi connectivity index (χ4v) is 2.22. The number of aromatic nitrogens is 2.